The van der Waals surface area contributed by atoms with Crippen LogP contribution in [0.15, 0.2) is 79.0 Å². The number of nitrogens with zero attached hydrogens (tertiary/aromatic N) is 2. The van der Waals surface area contributed by atoms with Crippen LogP contribution in [0.1, 0.15) is 39.2 Å². The summed E-state index contributed by atoms with van der Waals surface area (Å²) in [6, 6.07) is 23.2. The largest absolute Gasteiger partial charge is 0.386 e. The van der Waals surface area contributed by atoms with Crippen LogP contribution in [-0.2, 0) is 0 Å². The first-order valence-corrected chi connectivity index (χ1v) is 8.53. The fraction of sp³-hybridized carbons (Fsp3) is 0.182. The average Bonchev–Trinajstić information content (AvgIpc) is 2.69. The number of aliphatic hydroxyl groups is 1. The van der Waals surface area contributed by atoms with E-state index in [-0.39, 0.29) is 11.8 Å². The zero-order valence-electron chi connectivity index (χ0n) is 14.9. The van der Waals surface area contributed by atoms with Crippen molar-refractivity contribution in [3.05, 3.63) is 101 Å². The van der Waals surface area contributed by atoms with Crippen molar-refractivity contribution >= 4 is 5.91 Å². The van der Waals surface area contributed by atoms with Crippen molar-refractivity contribution in [3.8, 4) is 0 Å². The number of amides is 1. The second-order valence-electron chi connectivity index (χ2n) is 6.42. The lowest BCUT2D eigenvalue weighted by Gasteiger charge is -2.24. The van der Waals surface area contributed by atoms with Gasteiger partial charge in [0.15, 0.2) is 0 Å². The highest BCUT2D eigenvalue weighted by molar-refractivity contribution is 5.93. The van der Waals surface area contributed by atoms with Gasteiger partial charge in [-0.2, -0.15) is 0 Å². The number of hydrogen-bond donors (Lipinski definition) is 1. The molecule has 0 bridgehead atoms. The molecular formula is C22H22N2O2. The number of aliphatic hydroxyl groups excluding tert-OH is 1. The molecular weight excluding hydrogens is 324 g/mol. The second-order valence-corrected chi connectivity index (χ2v) is 6.42. The van der Waals surface area contributed by atoms with Crippen molar-refractivity contribution < 1.29 is 9.90 Å². The Kier molecular flexibility index (Phi) is 5.44. The summed E-state index contributed by atoms with van der Waals surface area (Å²) in [5.74, 6) is -0.346. The first-order chi connectivity index (χ1) is 12.6. The normalized spacial score (nSPS) is 12.0. The first-order valence-electron chi connectivity index (χ1n) is 8.53. The van der Waals surface area contributed by atoms with E-state index in [0.717, 1.165) is 11.1 Å². The average molecular weight is 346 g/mol. The molecule has 4 heteroatoms. The van der Waals surface area contributed by atoms with Gasteiger partial charge in [0.2, 0.25) is 0 Å². The third kappa shape index (κ3) is 3.81. The molecule has 1 aromatic heterocycles. The Morgan fingerprint density at radius 2 is 1.42 bits per heavy atom. The third-order valence-corrected chi connectivity index (χ3v) is 4.38. The molecule has 0 saturated carbocycles. The molecule has 0 radical (unpaired) electrons. The molecule has 132 valence electrons. The van der Waals surface area contributed by atoms with Gasteiger partial charge < -0.3 is 10.0 Å². The van der Waals surface area contributed by atoms with Crippen LogP contribution in [0.25, 0.3) is 0 Å². The van der Waals surface area contributed by atoms with Crippen LogP contribution in [-0.4, -0.2) is 35.0 Å². The highest BCUT2D eigenvalue weighted by Crippen LogP contribution is 2.35. The minimum atomic E-state index is -0.816. The van der Waals surface area contributed by atoms with Gasteiger partial charge in [0.1, 0.15) is 6.10 Å². The maximum atomic E-state index is 12.0. The van der Waals surface area contributed by atoms with Gasteiger partial charge in [-0.1, -0.05) is 60.7 Å². The van der Waals surface area contributed by atoms with Crippen molar-refractivity contribution in [1.82, 2.24) is 9.88 Å². The van der Waals surface area contributed by atoms with Crippen molar-refractivity contribution in [2.24, 2.45) is 0 Å². The van der Waals surface area contributed by atoms with Crippen molar-refractivity contribution in [2.75, 3.05) is 14.1 Å². The van der Waals surface area contributed by atoms with Gasteiger partial charge in [-0.25, -0.2) is 0 Å². The summed E-state index contributed by atoms with van der Waals surface area (Å²) < 4.78 is 0. The molecule has 26 heavy (non-hydrogen) atoms. The molecule has 1 heterocycles. The predicted octanol–water partition coefficient (Wildman–Crippen LogP) is 3.65. The molecule has 0 aliphatic heterocycles. The lowest BCUT2D eigenvalue weighted by Crippen LogP contribution is -2.22. The highest BCUT2D eigenvalue weighted by Gasteiger charge is 2.25. The van der Waals surface area contributed by atoms with Crippen LogP contribution in [0.5, 0.6) is 0 Å². The van der Waals surface area contributed by atoms with E-state index >= 15 is 0 Å². The summed E-state index contributed by atoms with van der Waals surface area (Å²) in [4.78, 5) is 17.9. The number of pyridine rings is 1. The zero-order chi connectivity index (χ0) is 18.5. The number of benzene rings is 2. The Morgan fingerprint density at radius 1 is 0.885 bits per heavy atom. The van der Waals surface area contributed by atoms with Gasteiger partial charge in [0.05, 0.1) is 11.3 Å². The Bertz CT molecular complexity index is 807. The Morgan fingerprint density at radius 3 is 1.85 bits per heavy atom. The van der Waals surface area contributed by atoms with E-state index in [4.69, 9.17) is 0 Å². The van der Waals surface area contributed by atoms with E-state index in [9.17, 15) is 9.90 Å². The van der Waals surface area contributed by atoms with Crippen molar-refractivity contribution in [2.45, 2.75) is 12.0 Å². The van der Waals surface area contributed by atoms with E-state index < -0.39 is 6.10 Å². The van der Waals surface area contributed by atoms with Crippen LogP contribution in [0, 0.1) is 0 Å². The van der Waals surface area contributed by atoms with Gasteiger partial charge >= 0.3 is 0 Å². The van der Waals surface area contributed by atoms with Crippen LogP contribution in [0.4, 0.5) is 0 Å². The van der Waals surface area contributed by atoms with E-state index in [1.165, 1.54) is 11.1 Å². The van der Waals surface area contributed by atoms with E-state index in [1.54, 1.807) is 26.2 Å². The van der Waals surface area contributed by atoms with Gasteiger partial charge in [-0.05, 0) is 23.3 Å². The lowest BCUT2D eigenvalue weighted by atomic mass is 9.85. The molecule has 0 saturated heterocycles. The first kappa shape index (κ1) is 17.8. The summed E-state index contributed by atoms with van der Waals surface area (Å²) in [6.45, 7) is 0. The van der Waals surface area contributed by atoms with Crippen molar-refractivity contribution in [3.63, 3.8) is 0 Å². The molecule has 0 aliphatic carbocycles. The summed E-state index contributed by atoms with van der Waals surface area (Å²) in [5.41, 5.74) is 3.07. The molecule has 4 nitrogen and oxygen atoms in total. The van der Waals surface area contributed by atoms with Crippen molar-refractivity contribution in [1.29, 1.82) is 0 Å². The summed E-state index contributed by atoms with van der Waals surface area (Å²) in [5, 5.41) is 11.1. The minimum absolute atomic E-state index is 0.110. The molecule has 1 amide bonds. The van der Waals surface area contributed by atoms with Gasteiger partial charge in [0, 0.05) is 26.2 Å². The molecule has 1 N–H and O–H groups in total. The van der Waals surface area contributed by atoms with E-state index in [2.05, 4.69) is 4.98 Å². The van der Waals surface area contributed by atoms with E-state index in [0.29, 0.717) is 11.3 Å². The Hall–Kier alpha value is -2.98. The van der Waals surface area contributed by atoms with Crippen LogP contribution in [0.3, 0.4) is 0 Å². The summed E-state index contributed by atoms with van der Waals surface area (Å²) >= 11 is 0. The monoisotopic (exact) mass is 346 g/mol. The van der Waals surface area contributed by atoms with Gasteiger partial charge in [0.25, 0.3) is 5.91 Å². The van der Waals surface area contributed by atoms with Gasteiger partial charge in [-0.3, -0.25) is 9.78 Å². The Labute approximate surface area is 153 Å². The minimum Gasteiger partial charge on any atom is -0.386 e. The maximum Gasteiger partial charge on any atom is 0.254 e. The number of carbonyl (C=O) groups excluding carboxylic acids is 1. The molecule has 1 unspecified atom stereocenters. The van der Waals surface area contributed by atoms with Gasteiger partial charge in [-0.15, -0.1) is 0 Å². The number of aromatic nitrogens is 1. The quantitative estimate of drug-likeness (QED) is 0.767. The molecule has 1 atom stereocenters. The number of hydrogen-bond acceptors (Lipinski definition) is 3. The molecule has 0 spiro atoms. The third-order valence-electron chi connectivity index (χ3n) is 4.38. The fourth-order valence-electron chi connectivity index (χ4n) is 3.01. The zero-order valence-corrected chi connectivity index (χ0v) is 14.9. The van der Waals surface area contributed by atoms with Crippen LogP contribution in [0.2, 0.25) is 0 Å². The number of carbonyl (C=O) groups is 1. The van der Waals surface area contributed by atoms with E-state index in [1.807, 2.05) is 60.7 Å². The lowest BCUT2D eigenvalue weighted by molar-refractivity contribution is 0.0826. The topological polar surface area (TPSA) is 53.4 Å². The Balaban J connectivity index is 1.96. The SMILES string of the molecule is CN(C)C(=O)c1ccc(C(O)C(c2ccccc2)c2ccccc2)nc1. The summed E-state index contributed by atoms with van der Waals surface area (Å²) in [6.07, 6.45) is 0.705. The maximum absolute atomic E-state index is 12.0. The van der Waals surface area contributed by atoms with Crippen LogP contribution >= 0.6 is 0 Å². The molecule has 0 fully saturated rings. The molecule has 0 aliphatic rings. The smallest absolute Gasteiger partial charge is 0.254 e. The predicted molar refractivity (Wildman–Crippen MR) is 102 cm³/mol. The standard InChI is InChI=1S/C22H22N2O2/c1-24(2)22(26)18-13-14-19(23-15-18)21(25)20(16-9-5-3-6-10-16)17-11-7-4-8-12-17/h3-15,20-21,25H,1-2H3. The fourth-order valence-corrected chi connectivity index (χ4v) is 3.01. The number of rotatable bonds is 5. The molecule has 3 rings (SSSR count). The summed E-state index contributed by atoms with van der Waals surface area (Å²) in [7, 11) is 3.40. The van der Waals surface area contributed by atoms with Crippen LogP contribution < -0.4 is 0 Å². The highest BCUT2D eigenvalue weighted by atomic mass is 16.3. The molecule has 2 aromatic carbocycles. The molecule has 3 aromatic rings. The second kappa shape index (κ2) is 7.93.